The van der Waals surface area contributed by atoms with Gasteiger partial charge < -0.3 is 5.32 Å². The minimum absolute atomic E-state index is 0.000434. The van der Waals surface area contributed by atoms with Crippen molar-refractivity contribution in [1.29, 1.82) is 0 Å². The minimum Gasteiger partial charge on any atom is -0.352 e. The highest BCUT2D eigenvalue weighted by Crippen LogP contribution is 2.13. The quantitative estimate of drug-likeness (QED) is 0.315. The Labute approximate surface area is 167 Å². The van der Waals surface area contributed by atoms with Gasteiger partial charge in [0, 0.05) is 19.5 Å². The highest BCUT2D eigenvalue weighted by atomic mass is 32.2. The summed E-state index contributed by atoms with van der Waals surface area (Å²) in [6.45, 7) is 12.1. The standard InChI is InChI=1S/C21H40N2O3S/c1-6-7-8-9-10-11-12-15-19(2)18-22-20(24)16-13-14-17-23-27(25,26)21(3,4)5/h7-8,23H,2,6,9-18H2,1,3-5H3,(H,22,24)/b8-7-. The number of rotatable bonds is 15. The van der Waals surface area contributed by atoms with Crippen molar-refractivity contribution < 1.29 is 13.2 Å². The van der Waals surface area contributed by atoms with Crippen molar-refractivity contribution in [2.75, 3.05) is 13.1 Å². The zero-order valence-corrected chi connectivity index (χ0v) is 18.6. The van der Waals surface area contributed by atoms with Crippen LogP contribution in [0.2, 0.25) is 0 Å². The number of hydrogen-bond acceptors (Lipinski definition) is 3. The molecule has 0 heterocycles. The SMILES string of the molecule is C=C(CCCCC/C=C\CC)CNC(=O)CCCCNS(=O)(=O)C(C)(C)C. The van der Waals surface area contributed by atoms with E-state index in [2.05, 4.69) is 35.7 Å². The normalized spacial score (nSPS) is 12.4. The Morgan fingerprint density at radius 1 is 1.00 bits per heavy atom. The number of sulfonamides is 1. The zero-order chi connectivity index (χ0) is 20.8. The van der Waals surface area contributed by atoms with Gasteiger partial charge in [0.2, 0.25) is 15.9 Å². The molecule has 0 spiro atoms. The molecule has 0 aromatic carbocycles. The molecule has 27 heavy (non-hydrogen) atoms. The molecule has 0 radical (unpaired) electrons. The Morgan fingerprint density at radius 3 is 2.30 bits per heavy atom. The predicted octanol–water partition coefficient (Wildman–Crippen LogP) is 4.46. The molecular weight excluding hydrogens is 360 g/mol. The fraction of sp³-hybridized carbons (Fsp3) is 0.762. The molecule has 1 amide bonds. The molecule has 0 aliphatic rings. The van der Waals surface area contributed by atoms with Crippen LogP contribution in [0.25, 0.3) is 0 Å². The van der Waals surface area contributed by atoms with Gasteiger partial charge in [-0.3, -0.25) is 4.79 Å². The first-order chi connectivity index (χ1) is 12.6. The van der Waals surface area contributed by atoms with E-state index in [1.807, 2.05) is 0 Å². The summed E-state index contributed by atoms with van der Waals surface area (Å²) in [5, 5.41) is 2.89. The average Bonchev–Trinajstić information content (AvgIpc) is 2.57. The van der Waals surface area contributed by atoms with Crippen molar-refractivity contribution in [3.05, 3.63) is 24.3 Å². The van der Waals surface area contributed by atoms with Crippen LogP contribution in [0.15, 0.2) is 24.3 Å². The van der Waals surface area contributed by atoms with Crippen LogP contribution >= 0.6 is 0 Å². The number of amides is 1. The van der Waals surface area contributed by atoms with E-state index in [9.17, 15) is 13.2 Å². The number of nitrogens with one attached hydrogen (secondary N) is 2. The van der Waals surface area contributed by atoms with Crippen LogP contribution in [0.3, 0.4) is 0 Å². The lowest BCUT2D eigenvalue weighted by Crippen LogP contribution is -2.39. The highest BCUT2D eigenvalue weighted by molar-refractivity contribution is 7.90. The first-order valence-corrected chi connectivity index (χ1v) is 11.7. The third-order valence-electron chi connectivity index (χ3n) is 4.27. The summed E-state index contributed by atoms with van der Waals surface area (Å²) in [5.41, 5.74) is 1.06. The first kappa shape index (κ1) is 25.9. The summed E-state index contributed by atoms with van der Waals surface area (Å²) >= 11 is 0. The van der Waals surface area contributed by atoms with Crippen LogP contribution in [-0.4, -0.2) is 32.2 Å². The Hall–Kier alpha value is -1.14. The van der Waals surface area contributed by atoms with Crippen molar-refractivity contribution in [2.45, 2.75) is 90.2 Å². The van der Waals surface area contributed by atoms with E-state index in [4.69, 9.17) is 0 Å². The van der Waals surface area contributed by atoms with Crippen LogP contribution in [0.1, 0.15) is 85.5 Å². The molecule has 0 fully saturated rings. The number of carbonyl (C=O) groups excluding carboxylic acids is 1. The van der Waals surface area contributed by atoms with Crippen LogP contribution < -0.4 is 10.0 Å². The zero-order valence-electron chi connectivity index (χ0n) is 17.8. The second-order valence-corrected chi connectivity index (χ2v) is 10.5. The summed E-state index contributed by atoms with van der Waals surface area (Å²) in [5.74, 6) is -0.000434. The molecule has 0 rings (SSSR count). The molecule has 0 saturated carbocycles. The fourth-order valence-electron chi connectivity index (χ4n) is 2.33. The van der Waals surface area contributed by atoms with Gasteiger partial charge in [0.25, 0.3) is 0 Å². The van der Waals surface area contributed by atoms with Gasteiger partial charge in [-0.15, -0.1) is 0 Å². The molecule has 5 nitrogen and oxygen atoms in total. The van der Waals surface area contributed by atoms with Crippen LogP contribution in [-0.2, 0) is 14.8 Å². The molecule has 0 atom stereocenters. The van der Waals surface area contributed by atoms with E-state index in [-0.39, 0.29) is 5.91 Å². The third kappa shape index (κ3) is 13.6. The maximum absolute atomic E-state index is 11.9. The second kappa shape index (κ2) is 13.9. The van der Waals surface area contributed by atoms with Crippen LogP contribution in [0.5, 0.6) is 0 Å². The van der Waals surface area contributed by atoms with E-state index in [1.165, 1.54) is 12.8 Å². The van der Waals surface area contributed by atoms with Gasteiger partial charge in [-0.25, -0.2) is 13.1 Å². The fourth-order valence-corrected chi connectivity index (χ4v) is 3.18. The summed E-state index contributed by atoms with van der Waals surface area (Å²) < 4.78 is 25.6. The number of allylic oxidation sites excluding steroid dienone is 2. The minimum atomic E-state index is -3.30. The van der Waals surface area contributed by atoms with Gasteiger partial charge in [0.1, 0.15) is 0 Å². The van der Waals surface area contributed by atoms with E-state index < -0.39 is 14.8 Å². The molecule has 0 aromatic heterocycles. The lowest BCUT2D eigenvalue weighted by Gasteiger charge is -2.19. The van der Waals surface area contributed by atoms with Gasteiger partial charge in [0.05, 0.1) is 4.75 Å². The largest absolute Gasteiger partial charge is 0.352 e. The second-order valence-electron chi connectivity index (χ2n) is 7.97. The summed E-state index contributed by atoms with van der Waals surface area (Å²) in [4.78, 5) is 11.8. The van der Waals surface area contributed by atoms with Crippen molar-refractivity contribution in [2.24, 2.45) is 0 Å². The van der Waals surface area contributed by atoms with E-state index >= 15 is 0 Å². The topological polar surface area (TPSA) is 75.3 Å². The molecule has 0 aliphatic heterocycles. The monoisotopic (exact) mass is 400 g/mol. The lowest BCUT2D eigenvalue weighted by atomic mass is 10.1. The summed E-state index contributed by atoms with van der Waals surface area (Å²) in [6, 6.07) is 0. The van der Waals surface area contributed by atoms with Gasteiger partial charge in [-0.05, 0) is 65.7 Å². The molecule has 6 heteroatoms. The maximum atomic E-state index is 11.9. The number of hydrogen-bond donors (Lipinski definition) is 2. The smallest absolute Gasteiger partial charge is 0.220 e. The van der Waals surface area contributed by atoms with Gasteiger partial charge >= 0.3 is 0 Å². The Morgan fingerprint density at radius 2 is 1.67 bits per heavy atom. The van der Waals surface area contributed by atoms with Crippen molar-refractivity contribution >= 4 is 15.9 Å². The van der Waals surface area contributed by atoms with E-state index in [0.29, 0.717) is 32.4 Å². The summed E-state index contributed by atoms with van der Waals surface area (Å²) in [7, 11) is -3.30. The van der Waals surface area contributed by atoms with Gasteiger partial charge in [-0.1, -0.05) is 37.6 Å². The molecule has 0 unspecified atom stereocenters. The molecular formula is C21H40N2O3S. The van der Waals surface area contributed by atoms with Crippen molar-refractivity contribution in [1.82, 2.24) is 10.0 Å². The molecule has 158 valence electrons. The first-order valence-electron chi connectivity index (χ1n) is 10.2. The third-order valence-corrected chi connectivity index (χ3v) is 6.46. The molecule has 0 aliphatic carbocycles. The van der Waals surface area contributed by atoms with E-state index in [0.717, 1.165) is 31.3 Å². The molecule has 0 bridgehead atoms. The molecule has 0 aromatic rings. The maximum Gasteiger partial charge on any atom is 0.220 e. The average molecular weight is 401 g/mol. The van der Waals surface area contributed by atoms with E-state index in [1.54, 1.807) is 20.8 Å². The van der Waals surface area contributed by atoms with Gasteiger partial charge in [0.15, 0.2) is 0 Å². The van der Waals surface area contributed by atoms with Crippen molar-refractivity contribution in [3.63, 3.8) is 0 Å². The molecule has 2 N–H and O–H groups in total. The summed E-state index contributed by atoms with van der Waals surface area (Å²) in [6.07, 6.45) is 12.9. The Kier molecular flexibility index (Phi) is 13.4. The van der Waals surface area contributed by atoms with Gasteiger partial charge in [-0.2, -0.15) is 0 Å². The molecule has 0 saturated heterocycles. The van der Waals surface area contributed by atoms with Crippen LogP contribution in [0, 0.1) is 0 Å². The van der Waals surface area contributed by atoms with Crippen LogP contribution in [0.4, 0.5) is 0 Å². The highest BCUT2D eigenvalue weighted by Gasteiger charge is 2.27. The Balaban J connectivity index is 3.68. The predicted molar refractivity (Wildman–Crippen MR) is 115 cm³/mol. The lowest BCUT2D eigenvalue weighted by molar-refractivity contribution is -0.121. The van der Waals surface area contributed by atoms with Crippen molar-refractivity contribution in [3.8, 4) is 0 Å². The number of carbonyl (C=O) groups is 1. The number of unbranched alkanes of at least 4 members (excludes halogenated alkanes) is 4. The Bertz CT molecular complexity index is 560.